The molecule has 0 aliphatic heterocycles. The average molecular weight is 168 g/mol. The normalized spacial score (nSPS) is 10.1. The van der Waals surface area contributed by atoms with E-state index in [4.69, 9.17) is 5.73 Å². The summed E-state index contributed by atoms with van der Waals surface area (Å²) in [5, 5.41) is 2.95. The molecule has 0 unspecified atom stereocenters. The molecule has 0 saturated carbocycles. The van der Waals surface area contributed by atoms with Gasteiger partial charge in [0, 0.05) is 12.4 Å². The molecule has 1 aromatic rings. The molecule has 66 valence electrons. The fraction of sp³-hybridized carbons (Fsp3) is 0.429. The molecule has 0 bridgehead atoms. The predicted molar refractivity (Wildman–Crippen MR) is 44.2 cm³/mol. The number of imidazole rings is 1. The van der Waals surface area contributed by atoms with Crippen LogP contribution < -0.4 is 11.1 Å². The van der Waals surface area contributed by atoms with Crippen molar-refractivity contribution >= 4 is 5.91 Å². The Balaban J connectivity index is 2.69. The lowest BCUT2D eigenvalue weighted by molar-refractivity contribution is -0.118. The van der Waals surface area contributed by atoms with Crippen molar-refractivity contribution in [2.75, 3.05) is 7.05 Å². The molecule has 0 spiro atoms. The van der Waals surface area contributed by atoms with Crippen molar-refractivity contribution in [3.05, 3.63) is 18.2 Å². The highest BCUT2D eigenvalue weighted by atomic mass is 16.1. The second-order valence-corrected chi connectivity index (χ2v) is 2.47. The molecule has 0 aliphatic carbocycles. The van der Waals surface area contributed by atoms with Gasteiger partial charge in [-0.05, 0) is 7.05 Å². The summed E-state index contributed by atoms with van der Waals surface area (Å²) in [6.45, 7) is 0.831. The van der Waals surface area contributed by atoms with Crippen LogP contribution >= 0.6 is 0 Å². The Kier molecular flexibility index (Phi) is 2.82. The van der Waals surface area contributed by atoms with Gasteiger partial charge in [-0.3, -0.25) is 4.79 Å². The van der Waals surface area contributed by atoms with Crippen molar-refractivity contribution in [3.63, 3.8) is 0 Å². The van der Waals surface area contributed by atoms with Gasteiger partial charge in [0.15, 0.2) is 0 Å². The fourth-order valence-electron chi connectivity index (χ4n) is 0.977. The molecule has 5 nitrogen and oxygen atoms in total. The lowest BCUT2D eigenvalue weighted by Crippen LogP contribution is -2.21. The highest BCUT2D eigenvalue weighted by Gasteiger charge is 2.02. The maximum atomic E-state index is 10.6. The van der Waals surface area contributed by atoms with Gasteiger partial charge in [0.1, 0.15) is 12.4 Å². The van der Waals surface area contributed by atoms with Crippen LogP contribution in [0.4, 0.5) is 0 Å². The molecule has 3 N–H and O–H groups in total. The summed E-state index contributed by atoms with van der Waals surface area (Å²) in [6.07, 6.45) is 3.38. The molecule has 1 aromatic heterocycles. The molecule has 0 aliphatic rings. The summed E-state index contributed by atoms with van der Waals surface area (Å²) < 4.78 is 1.72. The minimum atomic E-state index is -0.356. The van der Waals surface area contributed by atoms with Crippen LogP contribution in [0.25, 0.3) is 0 Å². The summed E-state index contributed by atoms with van der Waals surface area (Å²) in [6, 6.07) is 0. The molecular formula is C7H12N4O. The van der Waals surface area contributed by atoms with E-state index in [9.17, 15) is 4.79 Å². The third kappa shape index (κ3) is 2.06. The Morgan fingerprint density at radius 3 is 3.17 bits per heavy atom. The van der Waals surface area contributed by atoms with Gasteiger partial charge in [0.05, 0.1) is 6.54 Å². The van der Waals surface area contributed by atoms with E-state index in [2.05, 4.69) is 10.3 Å². The smallest absolute Gasteiger partial charge is 0.237 e. The fourth-order valence-corrected chi connectivity index (χ4v) is 0.977. The molecular weight excluding hydrogens is 156 g/mol. The monoisotopic (exact) mass is 168 g/mol. The first-order valence-electron chi connectivity index (χ1n) is 3.67. The van der Waals surface area contributed by atoms with E-state index < -0.39 is 0 Å². The number of amides is 1. The molecule has 1 amide bonds. The summed E-state index contributed by atoms with van der Waals surface area (Å²) >= 11 is 0. The molecule has 1 heterocycles. The molecule has 0 saturated heterocycles. The predicted octanol–water partition coefficient (Wildman–Crippen LogP) is -0.912. The van der Waals surface area contributed by atoms with Gasteiger partial charge in [0.2, 0.25) is 5.91 Å². The molecule has 0 aromatic carbocycles. The van der Waals surface area contributed by atoms with E-state index in [-0.39, 0.29) is 12.5 Å². The molecule has 0 atom stereocenters. The quantitative estimate of drug-likeness (QED) is 0.611. The lowest BCUT2D eigenvalue weighted by atomic mass is 10.5. The first-order chi connectivity index (χ1) is 5.74. The van der Waals surface area contributed by atoms with Gasteiger partial charge in [-0.25, -0.2) is 4.98 Å². The number of nitrogens with one attached hydrogen (secondary N) is 1. The Morgan fingerprint density at radius 2 is 2.58 bits per heavy atom. The summed E-state index contributed by atoms with van der Waals surface area (Å²) in [5.41, 5.74) is 5.04. The summed E-state index contributed by atoms with van der Waals surface area (Å²) in [5.74, 6) is 0.460. The first-order valence-corrected chi connectivity index (χ1v) is 3.67. The number of aromatic nitrogens is 2. The number of hydrogen-bond acceptors (Lipinski definition) is 3. The van der Waals surface area contributed by atoms with Crippen LogP contribution in [-0.2, 0) is 17.9 Å². The molecule has 12 heavy (non-hydrogen) atoms. The van der Waals surface area contributed by atoms with Crippen molar-refractivity contribution < 1.29 is 4.79 Å². The van der Waals surface area contributed by atoms with Gasteiger partial charge in [-0.15, -0.1) is 0 Å². The van der Waals surface area contributed by atoms with Crippen LogP contribution in [0.5, 0.6) is 0 Å². The van der Waals surface area contributed by atoms with Gasteiger partial charge in [-0.1, -0.05) is 0 Å². The van der Waals surface area contributed by atoms with E-state index in [1.54, 1.807) is 17.0 Å². The SMILES string of the molecule is CNCc1nccn1CC(N)=O. The molecule has 1 rings (SSSR count). The van der Waals surface area contributed by atoms with E-state index in [1.165, 1.54) is 0 Å². The molecule has 0 radical (unpaired) electrons. The zero-order chi connectivity index (χ0) is 8.97. The minimum absolute atomic E-state index is 0.191. The Labute approximate surface area is 70.6 Å². The third-order valence-corrected chi connectivity index (χ3v) is 1.46. The number of carbonyl (C=O) groups is 1. The van der Waals surface area contributed by atoms with Gasteiger partial charge < -0.3 is 15.6 Å². The van der Waals surface area contributed by atoms with Crippen LogP contribution in [0.1, 0.15) is 5.82 Å². The number of nitrogens with two attached hydrogens (primary N) is 1. The van der Waals surface area contributed by atoms with Crippen LogP contribution in [0.2, 0.25) is 0 Å². The number of carbonyl (C=O) groups excluding carboxylic acids is 1. The van der Waals surface area contributed by atoms with Crippen LogP contribution in [0.15, 0.2) is 12.4 Å². The first kappa shape index (κ1) is 8.73. The Morgan fingerprint density at radius 1 is 1.83 bits per heavy atom. The topological polar surface area (TPSA) is 72.9 Å². The zero-order valence-corrected chi connectivity index (χ0v) is 6.95. The number of nitrogens with zero attached hydrogens (tertiary/aromatic N) is 2. The Hall–Kier alpha value is -1.36. The largest absolute Gasteiger partial charge is 0.368 e. The maximum absolute atomic E-state index is 10.6. The minimum Gasteiger partial charge on any atom is -0.368 e. The van der Waals surface area contributed by atoms with Gasteiger partial charge in [0.25, 0.3) is 0 Å². The second kappa shape index (κ2) is 3.87. The molecule has 0 fully saturated rings. The van der Waals surface area contributed by atoms with Crippen molar-refractivity contribution in [1.29, 1.82) is 0 Å². The standard InChI is InChI=1S/C7H12N4O/c1-9-4-7-10-2-3-11(7)5-6(8)12/h2-3,9H,4-5H2,1H3,(H2,8,12). The summed E-state index contributed by atoms with van der Waals surface area (Å²) in [4.78, 5) is 14.6. The van der Waals surface area contributed by atoms with E-state index in [1.807, 2.05) is 7.05 Å². The highest BCUT2D eigenvalue weighted by molar-refractivity contribution is 5.73. The van der Waals surface area contributed by atoms with Crippen molar-refractivity contribution in [1.82, 2.24) is 14.9 Å². The maximum Gasteiger partial charge on any atom is 0.237 e. The average Bonchev–Trinajstić information content (AvgIpc) is 2.37. The Bertz CT molecular complexity index is 268. The van der Waals surface area contributed by atoms with E-state index in [0.717, 1.165) is 5.82 Å². The number of hydrogen-bond donors (Lipinski definition) is 2. The molecule has 5 heteroatoms. The number of primary amides is 1. The second-order valence-electron chi connectivity index (χ2n) is 2.47. The van der Waals surface area contributed by atoms with Gasteiger partial charge in [-0.2, -0.15) is 0 Å². The highest BCUT2D eigenvalue weighted by Crippen LogP contribution is 1.95. The summed E-state index contributed by atoms with van der Waals surface area (Å²) in [7, 11) is 1.82. The van der Waals surface area contributed by atoms with Crippen molar-refractivity contribution in [2.24, 2.45) is 5.73 Å². The lowest BCUT2D eigenvalue weighted by Gasteiger charge is -2.03. The van der Waals surface area contributed by atoms with Crippen LogP contribution in [0, 0.1) is 0 Å². The number of rotatable bonds is 4. The zero-order valence-electron chi connectivity index (χ0n) is 6.95. The van der Waals surface area contributed by atoms with Gasteiger partial charge >= 0.3 is 0 Å². The van der Waals surface area contributed by atoms with Crippen LogP contribution in [0.3, 0.4) is 0 Å². The van der Waals surface area contributed by atoms with Crippen molar-refractivity contribution in [3.8, 4) is 0 Å². The van der Waals surface area contributed by atoms with E-state index >= 15 is 0 Å². The van der Waals surface area contributed by atoms with Crippen LogP contribution in [-0.4, -0.2) is 22.5 Å². The third-order valence-electron chi connectivity index (χ3n) is 1.46. The van der Waals surface area contributed by atoms with Crippen molar-refractivity contribution in [2.45, 2.75) is 13.1 Å². The van der Waals surface area contributed by atoms with E-state index in [0.29, 0.717) is 6.54 Å².